The Kier molecular flexibility index (Phi) is 6.81. The average molecular weight is 540 g/mol. The highest BCUT2D eigenvalue weighted by Gasteiger charge is 2.13. The molecule has 5 nitrogen and oxygen atoms in total. The first-order valence-corrected chi connectivity index (χ1v) is 13.8. The molecule has 7 rings (SSSR count). The summed E-state index contributed by atoms with van der Waals surface area (Å²) < 4.78 is 0. The molecule has 0 aliphatic rings. The predicted octanol–water partition coefficient (Wildman–Crippen LogP) is 8.66. The Morgan fingerprint density at radius 1 is 0.310 bits per heavy atom. The van der Waals surface area contributed by atoms with Crippen LogP contribution in [0.1, 0.15) is 0 Å². The summed E-state index contributed by atoms with van der Waals surface area (Å²) in [6.07, 6.45) is 3.61. The van der Waals surface area contributed by atoms with Crippen molar-refractivity contribution >= 4 is 0 Å². The normalized spacial score (nSPS) is 10.9. The lowest BCUT2D eigenvalue weighted by Gasteiger charge is -2.11. The number of hydrogen-bond donors (Lipinski definition) is 0. The third-order valence-corrected chi connectivity index (χ3v) is 7.01. The molecule has 4 aromatic heterocycles. The van der Waals surface area contributed by atoms with Crippen molar-refractivity contribution in [1.29, 1.82) is 0 Å². The summed E-state index contributed by atoms with van der Waals surface area (Å²) >= 11 is 0. The Hall–Kier alpha value is -5.81. The van der Waals surface area contributed by atoms with Crippen LogP contribution in [0, 0.1) is 0 Å². The molecule has 3 aromatic carbocycles. The van der Waals surface area contributed by atoms with Crippen LogP contribution >= 0.6 is 0 Å². The zero-order chi connectivity index (χ0) is 28.1. The van der Waals surface area contributed by atoms with Gasteiger partial charge in [0.2, 0.25) is 0 Å². The molecule has 0 aliphatic heterocycles. The summed E-state index contributed by atoms with van der Waals surface area (Å²) in [4.78, 5) is 24.2. The van der Waals surface area contributed by atoms with Gasteiger partial charge in [0.1, 0.15) is 0 Å². The van der Waals surface area contributed by atoms with Crippen LogP contribution in [0.4, 0.5) is 0 Å². The van der Waals surface area contributed by atoms with Crippen molar-refractivity contribution in [3.05, 3.63) is 152 Å². The molecule has 0 spiro atoms. The smallest absolute Gasteiger partial charge is 0.161 e. The van der Waals surface area contributed by atoms with Gasteiger partial charge in [-0.2, -0.15) is 0 Å². The molecular formula is C37H25N5. The second kappa shape index (κ2) is 11.4. The molecule has 0 saturated carbocycles. The van der Waals surface area contributed by atoms with Crippen molar-refractivity contribution in [3.63, 3.8) is 0 Å². The van der Waals surface area contributed by atoms with Gasteiger partial charge in [0.15, 0.2) is 5.82 Å². The maximum absolute atomic E-state index is 4.95. The first kappa shape index (κ1) is 25.2. The molecule has 0 fully saturated rings. The number of rotatable bonds is 6. The van der Waals surface area contributed by atoms with E-state index in [2.05, 4.69) is 53.5 Å². The Labute approximate surface area is 244 Å². The lowest BCUT2D eigenvalue weighted by atomic mass is 10.0. The van der Waals surface area contributed by atoms with E-state index in [1.54, 1.807) is 6.20 Å². The molecule has 0 bridgehead atoms. The second-order valence-electron chi connectivity index (χ2n) is 9.83. The maximum Gasteiger partial charge on any atom is 0.161 e. The van der Waals surface area contributed by atoms with Gasteiger partial charge in [-0.15, -0.1) is 0 Å². The summed E-state index contributed by atoms with van der Waals surface area (Å²) in [5.74, 6) is 0.620. The van der Waals surface area contributed by atoms with Crippen molar-refractivity contribution in [2.24, 2.45) is 0 Å². The van der Waals surface area contributed by atoms with Crippen LogP contribution < -0.4 is 0 Å². The molecule has 42 heavy (non-hydrogen) atoms. The monoisotopic (exact) mass is 539 g/mol. The predicted molar refractivity (Wildman–Crippen MR) is 168 cm³/mol. The molecule has 0 N–H and O–H groups in total. The summed E-state index contributed by atoms with van der Waals surface area (Å²) in [5.41, 5.74) is 9.92. The van der Waals surface area contributed by atoms with Gasteiger partial charge in [-0.1, -0.05) is 97.1 Å². The number of pyridine rings is 3. The van der Waals surface area contributed by atoms with Crippen LogP contribution in [0.2, 0.25) is 0 Å². The number of benzene rings is 3. The highest BCUT2D eigenvalue weighted by Crippen LogP contribution is 2.31. The summed E-state index contributed by atoms with van der Waals surface area (Å²) in [6, 6.07) is 46.7. The van der Waals surface area contributed by atoms with E-state index in [1.807, 2.05) is 97.2 Å². The van der Waals surface area contributed by atoms with Crippen molar-refractivity contribution in [2.75, 3.05) is 0 Å². The van der Waals surface area contributed by atoms with Crippen molar-refractivity contribution in [3.8, 4) is 67.8 Å². The van der Waals surface area contributed by atoms with Crippen LogP contribution in [0.3, 0.4) is 0 Å². The van der Waals surface area contributed by atoms with Gasteiger partial charge in [-0.25, -0.2) is 15.0 Å². The minimum Gasteiger partial charge on any atom is -0.255 e. The highest BCUT2D eigenvalue weighted by molar-refractivity contribution is 5.76. The van der Waals surface area contributed by atoms with Crippen LogP contribution in [0.25, 0.3) is 67.8 Å². The van der Waals surface area contributed by atoms with Gasteiger partial charge < -0.3 is 0 Å². The van der Waals surface area contributed by atoms with Crippen LogP contribution in [-0.2, 0) is 0 Å². The minimum absolute atomic E-state index is 0.620. The SMILES string of the molecule is c1ccc(-c2cc(-c3ccccn3)nc(-c3ccc(-c4nc(-c5ccccc5)cc(-c5ccccc5)n4)cn3)c2)cc1. The molecule has 4 heterocycles. The molecule has 0 amide bonds. The van der Waals surface area contributed by atoms with E-state index >= 15 is 0 Å². The van der Waals surface area contributed by atoms with E-state index in [-0.39, 0.29) is 0 Å². The van der Waals surface area contributed by atoms with E-state index in [0.717, 1.165) is 62.0 Å². The fourth-order valence-electron chi connectivity index (χ4n) is 4.87. The molecule has 0 saturated heterocycles. The van der Waals surface area contributed by atoms with Crippen LogP contribution in [-0.4, -0.2) is 24.9 Å². The van der Waals surface area contributed by atoms with Gasteiger partial charge in [0, 0.05) is 29.1 Å². The molecule has 0 unspecified atom stereocenters. The Morgan fingerprint density at radius 2 is 0.857 bits per heavy atom. The number of hydrogen-bond acceptors (Lipinski definition) is 5. The topological polar surface area (TPSA) is 64.5 Å². The van der Waals surface area contributed by atoms with Gasteiger partial charge in [-0.05, 0) is 53.6 Å². The largest absolute Gasteiger partial charge is 0.255 e. The zero-order valence-electron chi connectivity index (χ0n) is 22.7. The fraction of sp³-hybridized carbons (Fsp3) is 0. The molecule has 7 aromatic rings. The van der Waals surface area contributed by atoms with Gasteiger partial charge in [-0.3, -0.25) is 9.97 Å². The zero-order valence-corrected chi connectivity index (χ0v) is 22.7. The third kappa shape index (κ3) is 5.31. The Morgan fingerprint density at radius 3 is 1.38 bits per heavy atom. The van der Waals surface area contributed by atoms with Crippen molar-refractivity contribution in [2.45, 2.75) is 0 Å². The molecule has 5 heteroatoms. The standard InChI is InChI=1S/C37H25N5/c1-4-12-26(13-5-1)30-22-35(31-18-10-11-21-38-31)40-36(23-30)32-20-19-29(25-39-32)37-41-33(27-14-6-2-7-15-27)24-34(42-37)28-16-8-3-9-17-28/h1-25H. The molecule has 0 atom stereocenters. The van der Waals surface area contributed by atoms with Crippen LogP contribution in [0.15, 0.2) is 152 Å². The number of nitrogens with zero attached hydrogens (tertiary/aromatic N) is 5. The van der Waals surface area contributed by atoms with Gasteiger partial charge in [0.05, 0.1) is 34.2 Å². The highest BCUT2D eigenvalue weighted by atomic mass is 14.9. The van der Waals surface area contributed by atoms with Gasteiger partial charge in [0.25, 0.3) is 0 Å². The lowest BCUT2D eigenvalue weighted by molar-refractivity contribution is 1.17. The minimum atomic E-state index is 0.620. The Bertz CT molecular complexity index is 1680. The van der Waals surface area contributed by atoms with E-state index < -0.39 is 0 Å². The number of aromatic nitrogens is 5. The Balaban J connectivity index is 1.31. The van der Waals surface area contributed by atoms with E-state index in [0.29, 0.717) is 5.82 Å². The average Bonchev–Trinajstić information content (AvgIpc) is 3.09. The fourth-order valence-corrected chi connectivity index (χ4v) is 4.87. The maximum atomic E-state index is 4.95. The first-order valence-electron chi connectivity index (χ1n) is 13.8. The van der Waals surface area contributed by atoms with E-state index in [9.17, 15) is 0 Å². The molecule has 0 aliphatic carbocycles. The van der Waals surface area contributed by atoms with Crippen molar-refractivity contribution in [1.82, 2.24) is 24.9 Å². The van der Waals surface area contributed by atoms with Gasteiger partial charge >= 0.3 is 0 Å². The van der Waals surface area contributed by atoms with E-state index in [4.69, 9.17) is 19.9 Å². The quantitative estimate of drug-likeness (QED) is 0.212. The second-order valence-corrected chi connectivity index (χ2v) is 9.83. The van der Waals surface area contributed by atoms with Crippen LogP contribution in [0.5, 0.6) is 0 Å². The summed E-state index contributed by atoms with van der Waals surface area (Å²) in [6.45, 7) is 0. The third-order valence-electron chi connectivity index (χ3n) is 7.01. The summed E-state index contributed by atoms with van der Waals surface area (Å²) in [5, 5.41) is 0. The van der Waals surface area contributed by atoms with E-state index in [1.165, 1.54) is 0 Å². The van der Waals surface area contributed by atoms with Crippen molar-refractivity contribution < 1.29 is 0 Å². The molecular weight excluding hydrogens is 514 g/mol. The summed E-state index contributed by atoms with van der Waals surface area (Å²) in [7, 11) is 0. The lowest BCUT2D eigenvalue weighted by Crippen LogP contribution is -1.97. The molecule has 0 radical (unpaired) electrons. The first-order chi connectivity index (χ1) is 20.8. The molecule has 198 valence electrons.